The Labute approximate surface area is 784 Å². The summed E-state index contributed by atoms with van der Waals surface area (Å²) in [5, 5.41) is 9.14. The molecular formula is C79H124N20O39. The molecule has 2 atom stereocenters. The number of unbranched alkanes of at least 4 members (excludes halogenated alkanes) is 2. The number of nitrogens with zero attached hydrogens (tertiary/aromatic N) is 20. The molecule has 59 heteroatoms. The van der Waals surface area contributed by atoms with Gasteiger partial charge in [-0.15, -0.1) is 0 Å². The molecule has 4 aromatic heterocycles. The number of carbonyl (C=O) groups is 10. The molecule has 59 nitrogen and oxygen atoms in total. The molecule has 4 saturated heterocycles. The summed E-state index contributed by atoms with van der Waals surface area (Å²) in [6.45, 7) is -2.84. The topological polar surface area (TPSA) is 629 Å². The Balaban J connectivity index is 0.000000359. The molecule has 4 fully saturated rings. The van der Waals surface area contributed by atoms with Crippen LogP contribution in [-0.2, 0) is 183 Å². The van der Waals surface area contributed by atoms with E-state index in [1.54, 1.807) is 0 Å². The van der Waals surface area contributed by atoms with Gasteiger partial charge >= 0.3 is 128 Å². The molecule has 0 aromatic carbocycles. The minimum Gasteiger partial charge on any atom is -0.469 e. The second-order valence-corrected chi connectivity index (χ2v) is 30.4. The molecule has 8 heterocycles. The highest BCUT2D eigenvalue weighted by molar-refractivity contribution is 5.86. The number of ether oxygens (including phenoxy) is 16. The zero-order valence-corrected chi connectivity index (χ0v) is 79.5. The fraction of sp³-hybridized carbons (Fsp3) is 0.722. The molecule has 8 amide bonds. The predicted molar refractivity (Wildman–Crippen MR) is 468 cm³/mol. The number of methoxy groups -OCH3 is 11. The number of amides is 8. The SMILES string of the molecule is CCCCOC(=O)CCn1c(=O)n(CCC(=O)OC)c(=O)n(CCC(=O)OCCn2c(=O)n(CCCO)c(=O)n(CCOC)c2=O)c1=O.CCCCOC(=O)CCn1c(=O)n(CCC(=O)OC)c(=O)n(CCC(=O)OCCn2c(=O)n(CCCOCN3C(=O)N(COC)C4C3N(COC)C(=O)N4COC)c(=O)n(CCOC)c2=O)c1=O.COCN1C(=O)N(COC)C2C1N(COC)C(=O)N2COC. The summed E-state index contributed by atoms with van der Waals surface area (Å²) in [7, 11) is 15.1. The third-order valence-corrected chi connectivity index (χ3v) is 21.3. The third-order valence-electron chi connectivity index (χ3n) is 21.3. The maximum absolute atomic E-state index is 13.6. The number of hydrogen-bond donors (Lipinski definition) is 1. The summed E-state index contributed by atoms with van der Waals surface area (Å²) in [6.07, 6.45) is -2.60. The van der Waals surface area contributed by atoms with E-state index in [0.29, 0.717) is 49.4 Å². The highest BCUT2D eigenvalue weighted by Gasteiger charge is 2.61. The van der Waals surface area contributed by atoms with Crippen molar-refractivity contribution in [2.45, 2.75) is 194 Å². The van der Waals surface area contributed by atoms with Crippen LogP contribution in [0.5, 0.6) is 0 Å². The minimum absolute atomic E-state index is 0.0114. The van der Waals surface area contributed by atoms with Gasteiger partial charge < -0.3 is 80.9 Å². The van der Waals surface area contributed by atoms with Gasteiger partial charge in [0.05, 0.1) is 112 Å². The first-order valence-electron chi connectivity index (χ1n) is 43.6. The summed E-state index contributed by atoms with van der Waals surface area (Å²) >= 11 is 0. The monoisotopic (exact) mass is 1980 g/mol. The van der Waals surface area contributed by atoms with Gasteiger partial charge in [0, 0.05) is 123 Å². The van der Waals surface area contributed by atoms with Crippen molar-refractivity contribution < 1.29 is 129 Å². The summed E-state index contributed by atoms with van der Waals surface area (Å²) in [6, 6.07) is -1.50. The first-order chi connectivity index (χ1) is 66.2. The van der Waals surface area contributed by atoms with Gasteiger partial charge in [0.15, 0.2) is 24.7 Å². The number of urea groups is 4. The van der Waals surface area contributed by atoms with Gasteiger partial charge in [-0.25, -0.2) is 132 Å². The van der Waals surface area contributed by atoms with Crippen molar-refractivity contribution in [1.82, 2.24) is 94.0 Å². The Morgan fingerprint density at radius 2 is 0.420 bits per heavy atom. The van der Waals surface area contributed by atoms with Crippen molar-refractivity contribution in [1.29, 1.82) is 0 Å². The lowest BCUT2D eigenvalue weighted by atomic mass is 10.3. The lowest BCUT2D eigenvalue weighted by molar-refractivity contribution is -0.145. The average molecular weight is 1980 g/mol. The van der Waals surface area contributed by atoms with Crippen LogP contribution in [0.2, 0.25) is 0 Å². The normalized spacial score (nSPS) is 15.5. The molecule has 2 unspecified atom stereocenters. The van der Waals surface area contributed by atoms with E-state index in [0.717, 1.165) is 45.3 Å². The Bertz CT molecular complexity index is 5460. The molecule has 0 spiro atoms. The van der Waals surface area contributed by atoms with Gasteiger partial charge in [0.1, 0.15) is 67.1 Å². The molecule has 8 rings (SSSR count). The Morgan fingerprint density at radius 3 is 0.630 bits per heavy atom. The predicted octanol–water partition coefficient (Wildman–Crippen LogP) is -7.32. The molecule has 774 valence electrons. The zero-order chi connectivity index (χ0) is 102. The van der Waals surface area contributed by atoms with Crippen LogP contribution in [0.15, 0.2) is 57.5 Å². The van der Waals surface area contributed by atoms with Crippen LogP contribution in [0.1, 0.15) is 90.9 Å². The molecule has 4 aliphatic rings. The third kappa shape index (κ3) is 28.9. The van der Waals surface area contributed by atoms with Crippen molar-refractivity contribution in [2.24, 2.45) is 0 Å². The Morgan fingerprint density at radius 1 is 0.225 bits per heavy atom. The van der Waals surface area contributed by atoms with Gasteiger partial charge in [-0.2, -0.15) is 0 Å². The van der Waals surface area contributed by atoms with Crippen molar-refractivity contribution in [2.75, 3.05) is 185 Å². The maximum Gasteiger partial charge on any atom is 0.336 e. The highest BCUT2D eigenvalue weighted by Crippen LogP contribution is 2.36. The van der Waals surface area contributed by atoms with Gasteiger partial charge in [-0.1, -0.05) is 26.7 Å². The largest absolute Gasteiger partial charge is 0.469 e. The number of esters is 6. The smallest absolute Gasteiger partial charge is 0.336 e. The van der Waals surface area contributed by atoms with Crippen LogP contribution in [0.25, 0.3) is 0 Å². The zero-order valence-electron chi connectivity index (χ0n) is 79.5. The van der Waals surface area contributed by atoms with Crippen LogP contribution >= 0.6 is 0 Å². The second kappa shape index (κ2) is 57.3. The van der Waals surface area contributed by atoms with E-state index in [2.05, 4.69) is 9.47 Å². The fourth-order valence-corrected chi connectivity index (χ4v) is 14.5. The first-order valence-corrected chi connectivity index (χ1v) is 43.6. The molecular weight excluding hydrogens is 1850 g/mol. The number of aliphatic hydroxyl groups excluding tert-OH is 1. The van der Waals surface area contributed by atoms with Crippen LogP contribution < -0.4 is 68.3 Å². The number of aliphatic hydroxyl groups is 1. The lowest BCUT2D eigenvalue weighted by Gasteiger charge is -2.28. The molecule has 0 radical (unpaired) electrons. The van der Waals surface area contributed by atoms with Crippen molar-refractivity contribution in [3.63, 3.8) is 0 Å². The van der Waals surface area contributed by atoms with E-state index in [9.17, 15) is 105 Å². The van der Waals surface area contributed by atoms with E-state index in [1.807, 2.05) is 13.8 Å². The van der Waals surface area contributed by atoms with Crippen LogP contribution in [0.4, 0.5) is 19.2 Å². The summed E-state index contributed by atoms with van der Waals surface area (Å²) in [4.78, 5) is 294. The molecule has 138 heavy (non-hydrogen) atoms. The number of fused-ring (bicyclic) bond motifs is 2. The van der Waals surface area contributed by atoms with Gasteiger partial charge in [0.25, 0.3) is 0 Å². The molecule has 1 N–H and O–H groups in total. The number of hydrogen-bond acceptors (Lipinski definition) is 39. The van der Waals surface area contributed by atoms with E-state index in [4.69, 9.17) is 71.4 Å². The van der Waals surface area contributed by atoms with Crippen molar-refractivity contribution >= 4 is 59.9 Å². The molecule has 0 bridgehead atoms. The Hall–Kier alpha value is -12.9. The van der Waals surface area contributed by atoms with Gasteiger partial charge in [0.2, 0.25) is 0 Å². The number of aromatic nitrogens is 12. The van der Waals surface area contributed by atoms with E-state index in [1.165, 1.54) is 103 Å². The van der Waals surface area contributed by atoms with Crippen molar-refractivity contribution in [3.05, 3.63) is 126 Å². The van der Waals surface area contributed by atoms with Crippen molar-refractivity contribution in [3.8, 4) is 0 Å². The van der Waals surface area contributed by atoms with Gasteiger partial charge in [-0.3, -0.25) is 68.0 Å². The van der Waals surface area contributed by atoms with Gasteiger partial charge in [-0.05, 0) is 25.7 Å². The second-order valence-electron chi connectivity index (χ2n) is 30.4. The first kappa shape index (κ1) is 114. The molecule has 4 aromatic rings. The molecule has 4 aliphatic heterocycles. The standard InChI is InChI=1S/C39H60N10O19.C28H42N6O14.C12H22N4O6/c1-7-8-20-67-28(51)11-15-42-34(55)41(14-10-27(50)65-6)35(56)43(36(42)57)16-12-29(52)68-22-18-45-33(54)40(32(53)44(37(45)58)17-21-61-2)13-9-19-66-26-49-31-30(47(24-63-4)39(49)60)46(23-62-3)38(59)48(31)25-64-5;1-4-5-17-47-21(37)8-12-31-25(41)30(11-7-20(36)46-3)26(42)32(27(31)43)13-9-22(38)48-19-15-34-24(40)29(10-6-16-35)23(39)33(28(34)44)14-18-45-2;1-19-5-13-9-10(15(7-21-3)11(13)17)16(8-22-4)12(18)14(9)6-20-2/h30-31H,7-26H2,1-6H3;35H,4-19H2,1-3H3;9-10H,5-8H2,1-4H3. The fourth-order valence-electron chi connectivity index (χ4n) is 14.5. The van der Waals surface area contributed by atoms with E-state index >= 15 is 0 Å². The van der Waals surface area contributed by atoms with E-state index < -0.39 is 232 Å². The molecule has 0 aliphatic carbocycles. The van der Waals surface area contributed by atoms with E-state index in [-0.39, 0.29) is 157 Å². The quantitative estimate of drug-likeness (QED) is 0.0244. The lowest BCUT2D eigenvalue weighted by Crippen LogP contribution is -2.55. The van der Waals surface area contributed by atoms with Crippen LogP contribution in [0, 0.1) is 0 Å². The minimum atomic E-state index is -1.14. The molecule has 0 saturated carbocycles. The summed E-state index contributed by atoms with van der Waals surface area (Å²) < 4.78 is 89.6. The average Bonchev–Trinajstić information content (AvgIpc) is 1.57. The summed E-state index contributed by atoms with van der Waals surface area (Å²) in [5.74, 6) is -4.79. The highest BCUT2D eigenvalue weighted by atomic mass is 16.6. The Kier molecular flexibility index (Phi) is 47.3. The maximum atomic E-state index is 13.6. The van der Waals surface area contributed by atoms with Crippen LogP contribution in [-0.4, -0.2) is 369 Å². The summed E-state index contributed by atoms with van der Waals surface area (Å²) in [5.41, 5.74) is -12.5. The number of rotatable bonds is 59. The van der Waals surface area contributed by atoms with Crippen LogP contribution in [0.3, 0.4) is 0 Å². The number of carbonyl (C=O) groups excluding carboxylic acids is 10.